The molecule has 2 aromatic rings. The van der Waals surface area contributed by atoms with E-state index in [2.05, 4.69) is 5.32 Å². The summed E-state index contributed by atoms with van der Waals surface area (Å²) in [5.74, 6) is 1.83. The first-order valence-electron chi connectivity index (χ1n) is 5.80. The Kier molecular flexibility index (Phi) is 4.33. The second-order valence-electron chi connectivity index (χ2n) is 4.26. The van der Waals surface area contributed by atoms with Crippen LogP contribution in [-0.4, -0.2) is 0 Å². The third-order valence-electron chi connectivity index (χ3n) is 2.83. The Balaban J connectivity index is 2.03. The van der Waals surface area contributed by atoms with Gasteiger partial charge in [0.1, 0.15) is 11.5 Å². The molecule has 1 aromatic heterocycles. The van der Waals surface area contributed by atoms with Gasteiger partial charge in [-0.05, 0) is 37.6 Å². The first kappa shape index (κ1) is 13.5. The molecule has 0 aliphatic heterocycles. The highest BCUT2D eigenvalue weighted by Gasteiger charge is 2.11. The number of hydrogen-bond donors (Lipinski definition) is 1. The van der Waals surface area contributed by atoms with Crippen molar-refractivity contribution in [3.63, 3.8) is 0 Å². The van der Waals surface area contributed by atoms with Crippen molar-refractivity contribution in [1.82, 2.24) is 5.32 Å². The van der Waals surface area contributed by atoms with Crippen LogP contribution in [0.15, 0.2) is 34.7 Å². The fourth-order valence-corrected chi connectivity index (χ4v) is 2.27. The summed E-state index contributed by atoms with van der Waals surface area (Å²) in [5.41, 5.74) is 0.993. The van der Waals surface area contributed by atoms with Gasteiger partial charge in [-0.1, -0.05) is 35.3 Å². The Morgan fingerprint density at radius 1 is 1.22 bits per heavy atom. The second kappa shape index (κ2) is 5.79. The zero-order valence-electron chi connectivity index (χ0n) is 10.3. The monoisotopic (exact) mass is 283 g/mol. The summed E-state index contributed by atoms with van der Waals surface area (Å²) < 4.78 is 5.50. The number of aryl methyl sites for hydroxylation is 1. The lowest BCUT2D eigenvalue weighted by molar-refractivity contribution is 0.444. The fraction of sp³-hybridized carbons (Fsp3) is 0.286. The van der Waals surface area contributed by atoms with Crippen molar-refractivity contribution in [1.29, 1.82) is 0 Å². The molecule has 1 atom stereocenters. The number of hydrogen-bond acceptors (Lipinski definition) is 2. The second-order valence-corrected chi connectivity index (χ2v) is 5.04. The molecule has 0 spiro atoms. The first-order chi connectivity index (χ1) is 8.58. The normalized spacial score (nSPS) is 12.7. The molecule has 2 nitrogen and oxygen atoms in total. The Morgan fingerprint density at radius 2 is 2.00 bits per heavy atom. The first-order valence-corrected chi connectivity index (χ1v) is 6.56. The quantitative estimate of drug-likeness (QED) is 0.876. The highest BCUT2D eigenvalue weighted by Crippen LogP contribution is 2.29. The van der Waals surface area contributed by atoms with Gasteiger partial charge >= 0.3 is 0 Å². The topological polar surface area (TPSA) is 25.2 Å². The van der Waals surface area contributed by atoms with Gasteiger partial charge in [0.2, 0.25) is 0 Å². The van der Waals surface area contributed by atoms with Crippen LogP contribution < -0.4 is 5.32 Å². The lowest BCUT2D eigenvalue weighted by Crippen LogP contribution is -2.18. The predicted octanol–water partition coefficient (Wildman–Crippen LogP) is 4.75. The van der Waals surface area contributed by atoms with Crippen LogP contribution in [0.25, 0.3) is 0 Å². The largest absolute Gasteiger partial charge is 0.465 e. The van der Waals surface area contributed by atoms with Crippen LogP contribution in [0.4, 0.5) is 0 Å². The molecule has 1 heterocycles. The third kappa shape index (κ3) is 3.08. The van der Waals surface area contributed by atoms with Gasteiger partial charge in [-0.2, -0.15) is 0 Å². The lowest BCUT2D eigenvalue weighted by Gasteiger charge is -2.15. The van der Waals surface area contributed by atoms with Crippen molar-refractivity contribution in [2.45, 2.75) is 26.4 Å². The minimum atomic E-state index is 0.113. The Morgan fingerprint density at radius 3 is 2.67 bits per heavy atom. The zero-order chi connectivity index (χ0) is 13.1. The maximum atomic E-state index is 6.18. The van der Waals surface area contributed by atoms with Crippen molar-refractivity contribution >= 4 is 23.2 Å². The predicted molar refractivity (Wildman–Crippen MR) is 75.2 cm³/mol. The maximum Gasteiger partial charge on any atom is 0.117 e. The standard InChI is InChI=1S/C14H15Cl2NO/c1-9-6-7-11(18-9)8-17-10(2)12-4-3-5-13(15)14(12)16/h3-7,10,17H,8H2,1-2H3. The van der Waals surface area contributed by atoms with E-state index in [1.54, 1.807) is 6.07 Å². The summed E-state index contributed by atoms with van der Waals surface area (Å²) >= 11 is 12.2. The molecule has 2 rings (SSSR count). The van der Waals surface area contributed by atoms with E-state index < -0.39 is 0 Å². The summed E-state index contributed by atoms with van der Waals surface area (Å²) in [6.45, 7) is 4.64. The third-order valence-corrected chi connectivity index (χ3v) is 3.66. The number of nitrogens with one attached hydrogen (secondary N) is 1. The average molecular weight is 284 g/mol. The van der Waals surface area contributed by atoms with E-state index >= 15 is 0 Å². The molecule has 0 bridgehead atoms. The van der Waals surface area contributed by atoms with E-state index in [0.717, 1.165) is 17.1 Å². The van der Waals surface area contributed by atoms with Crippen molar-refractivity contribution in [3.8, 4) is 0 Å². The van der Waals surface area contributed by atoms with Gasteiger partial charge in [0.25, 0.3) is 0 Å². The van der Waals surface area contributed by atoms with Crippen molar-refractivity contribution in [2.75, 3.05) is 0 Å². The number of benzene rings is 1. The molecule has 4 heteroatoms. The van der Waals surface area contributed by atoms with Gasteiger partial charge in [-0.15, -0.1) is 0 Å². The minimum absolute atomic E-state index is 0.113. The molecule has 0 fully saturated rings. The van der Waals surface area contributed by atoms with Crippen LogP contribution >= 0.6 is 23.2 Å². The Labute approximate surface area is 117 Å². The number of halogens is 2. The molecule has 0 amide bonds. The van der Waals surface area contributed by atoms with Gasteiger partial charge in [0.05, 0.1) is 16.6 Å². The van der Waals surface area contributed by atoms with E-state index in [0.29, 0.717) is 16.6 Å². The summed E-state index contributed by atoms with van der Waals surface area (Å²) in [6, 6.07) is 9.69. The van der Waals surface area contributed by atoms with Crippen molar-refractivity contribution in [3.05, 3.63) is 57.5 Å². The zero-order valence-corrected chi connectivity index (χ0v) is 11.8. The van der Waals surface area contributed by atoms with Gasteiger partial charge in [-0.3, -0.25) is 0 Å². The van der Waals surface area contributed by atoms with Crippen molar-refractivity contribution in [2.24, 2.45) is 0 Å². The molecule has 0 aliphatic carbocycles. The average Bonchev–Trinajstić information content (AvgIpc) is 2.76. The highest BCUT2D eigenvalue weighted by molar-refractivity contribution is 6.42. The van der Waals surface area contributed by atoms with Crippen molar-refractivity contribution < 1.29 is 4.42 Å². The highest BCUT2D eigenvalue weighted by atomic mass is 35.5. The lowest BCUT2D eigenvalue weighted by atomic mass is 10.1. The fourth-order valence-electron chi connectivity index (χ4n) is 1.80. The summed E-state index contributed by atoms with van der Waals surface area (Å²) in [5, 5.41) is 4.55. The molecular formula is C14H15Cl2NO. The number of furan rings is 1. The van der Waals surface area contributed by atoms with Gasteiger partial charge in [0, 0.05) is 6.04 Å². The minimum Gasteiger partial charge on any atom is -0.465 e. The van der Waals surface area contributed by atoms with Gasteiger partial charge in [0.15, 0.2) is 0 Å². The van der Waals surface area contributed by atoms with Gasteiger partial charge < -0.3 is 9.73 Å². The summed E-state index contributed by atoms with van der Waals surface area (Å²) in [7, 11) is 0. The molecule has 96 valence electrons. The Bertz CT molecular complexity index is 536. The van der Waals surface area contributed by atoms with E-state index in [9.17, 15) is 0 Å². The molecule has 1 unspecified atom stereocenters. The molecule has 0 radical (unpaired) electrons. The SMILES string of the molecule is Cc1ccc(CNC(C)c2cccc(Cl)c2Cl)o1. The van der Waals surface area contributed by atoms with E-state index in [1.165, 1.54) is 0 Å². The molecule has 0 saturated heterocycles. The molecule has 0 saturated carbocycles. The van der Waals surface area contributed by atoms with Crippen LogP contribution in [0.1, 0.15) is 30.0 Å². The summed E-state index contributed by atoms with van der Waals surface area (Å²) in [6.07, 6.45) is 0. The van der Waals surface area contributed by atoms with Crippen LogP contribution in [0, 0.1) is 6.92 Å². The Hall–Kier alpha value is -0.960. The van der Waals surface area contributed by atoms with E-state index in [1.807, 2.05) is 38.1 Å². The molecular weight excluding hydrogens is 269 g/mol. The molecule has 1 aromatic carbocycles. The molecule has 0 aliphatic rings. The van der Waals surface area contributed by atoms with E-state index in [4.69, 9.17) is 27.6 Å². The molecule has 1 N–H and O–H groups in total. The maximum absolute atomic E-state index is 6.18. The van der Waals surface area contributed by atoms with Crippen LogP contribution in [0.2, 0.25) is 10.0 Å². The van der Waals surface area contributed by atoms with Crippen LogP contribution in [0.5, 0.6) is 0 Å². The number of rotatable bonds is 4. The van der Waals surface area contributed by atoms with Crippen LogP contribution in [0.3, 0.4) is 0 Å². The smallest absolute Gasteiger partial charge is 0.117 e. The summed E-state index contributed by atoms with van der Waals surface area (Å²) in [4.78, 5) is 0. The van der Waals surface area contributed by atoms with Gasteiger partial charge in [-0.25, -0.2) is 0 Å². The molecule has 18 heavy (non-hydrogen) atoms. The van der Waals surface area contributed by atoms with E-state index in [-0.39, 0.29) is 6.04 Å². The van der Waals surface area contributed by atoms with Crippen LogP contribution in [-0.2, 0) is 6.54 Å².